The van der Waals surface area contributed by atoms with E-state index in [9.17, 15) is 0 Å². The Morgan fingerprint density at radius 1 is 0.727 bits per heavy atom. The van der Waals surface area contributed by atoms with Crippen LogP contribution in [0.4, 0.5) is 0 Å². The van der Waals surface area contributed by atoms with Crippen molar-refractivity contribution in [2.45, 2.75) is 0 Å². The second-order valence-electron chi connectivity index (χ2n) is 0.447. The average molecular weight is 262 g/mol. The molecule has 11 heteroatoms. The number of hydrogen-bond acceptors (Lipinski definition) is 6. The Kier molecular flexibility index (Phi) is 68.0. The number of hydrogen-bond donors (Lipinski definition) is 0. The Balaban J connectivity index is -0.0000000171. The summed E-state index contributed by atoms with van der Waals surface area (Å²) in [5.41, 5.74) is 0. The summed E-state index contributed by atoms with van der Waals surface area (Å²) in [6, 6.07) is 0. The van der Waals surface area contributed by atoms with Crippen LogP contribution in [0.2, 0.25) is 0 Å². The SMILES string of the molecule is O=[N+]([O-])[O-].O=[N+]([O-])[O-].[NH2-].[NH2-].[Pd+2]. The van der Waals surface area contributed by atoms with E-state index in [0.717, 1.165) is 0 Å². The first kappa shape index (κ1) is 32.4. The zero-order valence-electron chi connectivity index (χ0n) is 4.81. The first-order valence-corrected chi connectivity index (χ1v) is 1.10. The maximum Gasteiger partial charge on any atom is 2.00 e. The van der Waals surface area contributed by atoms with Crippen LogP contribution in [0.3, 0.4) is 0 Å². The van der Waals surface area contributed by atoms with E-state index in [-0.39, 0.29) is 32.7 Å². The second-order valence-corrected chi connectivity index (χ2v) is 0.447. The molecule has 0 aliphatic carbocycles. The van der Waals surface area contributed by atoms with Gasteiger partial charge < -0.3 is 42.9 Å². The quantitative estimate of drug-likeness (QED) is 0.353. The van der Waals surface area contributed by atoms with E-state index < -0.39 is 10.2 Å². The van der Waals surface area contributed by atoms with E-state index in [4.69, 9.17) is 30.6 Å². The molecule has 0 aliphatic heterocycles. The van der Waals surface area contributed by atoms with Crippen LogP contribution in [0, 0.1) is 30.6 Å². The van der Waals surface area contributed by atoms with Gasteiger partial charge >= 0.3 is 20.4 Å². The standard InChI is InChI=1S/2NO3.2H2N.Pd/c2*2-1(3)4;;;/h;;2*1H2;/q4*-1;+2. The van der Waals surface area contributed by atoms with Crippen molar-refractivity contribution in [1.82, 2.24) is 0 Å². The first-order valence-electron chi connectivity index (χ1n) is 1.10. The van der Waals surface area contributed by atoms with Crippen molar-refractivity contribution in [2.75, 3.05) is 0 Å². The Morgan fingerprint density at radius 3 is 0.727 bits per heavy atom. The zero-order valence-corrected chi connectivity index (χ0v) is 6.37. The molecule has 72 valence electrons. The minimum atomic E-state index is -1.75. The summed E-state index contributed by atoms with van der Waals surface area (Å²) in [7, 11) is 0. The van der Waals surface area contributed by atoms with Crippen molar-refractivity contribution in [3.8, 4) is 0 Å². The number of rotatable bonds is 0. The molecule has 0 unspecified atom stereocenters. The summed E-state index contributed by atoms with van der Waals surface area (Å²) in [5, 5.41) is 29.5. The van der Waals surface area contributed by atoms with Gasteiger partial charge in [0.2, 0.25) is 0 Å². The molecule has 0 aromatic rings. The Hall–Kier alpha value is -1.02. The maximum absolute atomic E-state index is 8.25. The molecule has 10 nitrogen and oxygen atoms in total. The smallest absolute Gasteiger partial charge is 0.693 e. The molecule has 0 heterocycles. The third kappa shape index (κ3) is 423. The summed E-state index contributed by atoms with van der Waals surface area (Å²) in [5.74, 6) is 0. The minimum absolute atomic E-state index is 0. The number of nitrogens with zero attached hydrogens (tertiary/aromatic N) is 2. The van der Waals surface area contributed by atoms with Gasteiger partial charge in [0.25, 0.3) is 0 Å². The van der Waals surface area contributed by atoms with Gasteiger partial charge in [-0.2, -0.15) is 0 Å². The Labute approximate surface area is 74.2 Å². The van der Waals surface area contributed by atoms with Gasteiger partial charge in [-0.1, -0.05) is 0 Å². The molecule has 0 radical (unpaired) electrons. The predicted octanol–water partition coefficient (Wildman–Crippen LogP) is 0.953. The summed E-state index contributed by atoms with van der Waals surface area (Å²) in [6.07, 6.45) is 0. The van der Waals surface area contributed by atoms with Crippen molar-refractivity contribution < 1.29 is 30.6 Å². The van der Waals surface area contributed by atoms with Crippen molar-refractivity contribution in [3.63, 3.8) is 0 Å². The molecule has 0 aliphatic rings. The van der Waals surface area contributed by atoms with Crippen LogP contribution in [0.15, 0.2) is 0 Å². The summed E-state index contributed by atoms with van der Waals surface area (Å²) >= 11 is 0. The predicted molar refractivity (Wildman–Crippen MR) is 31.3 cm³/mol. The van der Waals surface area contributed by atoms with E-state index in [1.54, 1.807) is 0 Å². The van der Waals surface area contributed by atoms with Crippen molar-refractivity contribution in [3.05, 3.63) is 42.9 Å². The Morgan fingerprint density at radius 2 is 0.727 bits per heavy atom. The van der Waals surface area contributed by atoms with Gasteiger partial charge in [-0.15, -0.1) is 0 Å². The Bertz CT molecular complexity index is 72.6. The normalized spacial score (nSPS) is 4.36. The molecule has 0 aromatic carbocycles. The van der Waals surface area contributed by atoms with Crippen molar-refractivity contribution >= 4 is 0 Å². The van der Waals surface area contributed by atoms with Gasteiger partial charge in [-0.3, -0.25) is 0 Å². The van der Waals surface area contributed by atoms with Gasteiger partial charge in [-0.25, -0.2) is 0 Å². The first-order chi connectivity index (χ1) is 3.46. The minimum Gasteiger partial charge on any atom is -0.693 e. The van der Waals surface area contributed by atoms with E-state index in [1.807, 2.05) is 0 Å². The van der Waals surface area contributed by atoms with Crippen LogP contribution < -0.4 is 0 Å². The molecule has 0 fully saturated rings. The molecular weight excluding hydrogens is 258 g/mol. The third-order valence-corrected chi connectivity index (χ3v) is 0. The van der Waals surface area contributed by atoms with Gasteiger partial charge in [-0.05, 0) is 0 Å². The van der Waals surface area contributed by atoms with Gasteiger partial charge in [0.05, 0.1) is 10.2 Å². The van der Waals surface area contributed by atoms with E-state index in [2.05, 4.69) is 0 Å². The molecule has 0 spiro atoms. The van der Waals surface area contributed by atoms with Crippen molar-refractivity contribution in [2.24, 2.45) is 0 Å². The van der Waals surface area contributed by atoms with Crippen LogP contribution in [0.25, 0.3) is 12.3 Å². The molecule has 0 amide bonds. The fourth-order valence-corrected chi connectivity index (χ4v) is 0. The monoisotopic (exact) mass is 262 g/mol. The second kappa shape index (κ2) is 23.1. The molecule has 0 bridgehead atoms. The van der Waals surface area contributed by atoms with E-state index >= 15 is 0 Å². The summed E-state index contributed by atoms with van der Waals surface area (Å²) < 4.78 is 0. The van der Waals surface area contributed by atoms with Crippen LogP contribution in [0.1, 0.15) is 0 Å². The molecule has 11 heavy (non-hydrogen) atoms. The molecule has 0 atom stereocenters. The topological polar surface area (TPSA) is 199 Å². The largest absolute Gasteiger partial charge is 2.00 e. The van der Waals surface area contributed by atoms with Gasteiger partial charge in [0, 0.05) is 0 Å². The fourth-order valence-electron chi connectivity index (χ4n) is 0. The van der Waals surface area contributed by atoms with Crippen LogP contribution in [-0.4, -0.2) is 10.2 Å². The van der Waals surface area contributed by atoms with E-state index in [1.165, 1.54) is 0 Å². The van der Waals surface area contributed by atoms with E-state index in [0.29, 0.717) is 0 Å². The molecular formula is H4N4O6Pd-2. The van der Waals surface area contributed by atoms with Crippen LogP contribution >= 0.6 is 0 Å². The molecule has 0 saturated heterocycles. The third-order valence-electron chi connectivity index (χ3n) is 0. The molecule has 0 saturated carbocycles. The summed E-state index contributed by atoms with van der Waals surface area (Å²) in [4.78, 5) is 16.5. The maximum atomic E-state index is 8.25. The molecule has 0 rings (SSSR count). The van der Waals surface area contributed by atoms with Crippen molar-refractivity contribution in [1.29, 1.82) is 0 Å². The fraction of sp³-hybridized carbons (Fsp3) is 0. The average Bonchev–Trinajstić information content (AvgIpc) is 1.25. The van der Waals surface area contributed by atoms with Gasteiger partial charge in [0.15, 0.2) is 0 Å². The zero-order chi connectivity index (χ0) is 7.15. The summed E-state index contributed by atoms with van der Waals surface area (Å²) in [6.45, 7) is 0. The number of nitrogens with two attached hydrogens (primary N) is 2. The molecule has 4 N–H and O–H groups in total. The molecule has 0 aromatic heterocycles. The van der Waals surface area contributed by atoms with Gasteiger partial charge in [0.1, 0.15) is 0 Å². The van der Waals surface area contributed by atoms with Crippen LogP contribution in [0.5, 0.6) is 0 Å². The van der Waals surface area contributed by atoms with Crippen LogP contribution in [-0.2, 0) is 20.4 Å².